The van der Waals surface area contributed by atoms with Crippen molar-refractivity contribution in [3.8, 4) is 5.82 Å². The van der Waals surface area contributed by atoms with E-state index in [0.29, 0.717) is 11.5 Å². The lowest BCUT2D eigenvalue weighted by Gasteiger charge is -2.06. The fraction of sp³-hybridized carbons (Fsp3) is 0.167. The third-order valence-corrected chi connectivity index (χ3v) is 2.42. The number of pyridine rings is 1. The largest absolute Gasteiger partial charge is 0.481 e. The van der Waals surface area contributed by atoms with Crippen LogP contribution in [-0.4, -0.2) is 31.5 Å². The highest BCUT2D eigenvalue weighted by Gasteiger charge is 2.08. The number of hydrogen-bond donors (Lipinski definition) is 2. The molecule has 2 aromatic rings. The summed E-state index contributed by atoms with van der Waals surface area (Å²) in [6.07, 6.45) is 4.34. The van der Waals surface area contributed by atoms with Crippen LogP contribution < -0.4 is 5.32 Å². The maximum Gasteiger partial charge on any atom is 0.312 e. The van der Waals surface area contributed by atoms with E-state index < -0.39 is 18.3 Å². The van der Waals surface area contributed by atoms with Gasteiger partial charge in [-0.15, -0.1) is 0 Å². The molecule has 1 amide bonds. The van der Waals surface area contributed by atoms with Crippen molar-refractivity contribution >= 4 is 17.6 Å². The molecule has 0 aliphatic heterocycles. The number of carbonyl (C=O) groups excluding carboxylic acids is 1. The maximum absolute atomic E-state index is 11.3. The van der Waals surface area contributed by atoms with E-state index in [2.05, 4.69) is 15.3 Å². The van der Waals surface area contributed by atoms with Crippen LogP contribution in [0.2, 0.25) is 0 Å². The molecule has 0 aromatic carbocycles. The van der Waals surface area contributed by atoms with Crippen LogP contribution in [0.4, 0.5) is 5.69 Å². The lowest BCUT2D eigenvalue weighted by Crippen LogP contribution is -2.16. The standard InChI is InChI=1S/C12H12N4O3/c1-8-13-4-5-16(8)10-3-2-9(7-14-10)15-11(17)6-12(18)19/h2-5,7H,6H2,1H3,(H,15,17)(H,18,19). The molecule has 0 aliphatic carbocycles. The molecule has 98 valence electrons. The molecule has 0 atom stereocenters. The molecule has 0 saturated carbocycles. The van der Waals surface area contributed by atoms with Gasteiger partial charge in [0.05, 0.1) is 11.9 Å². The van der Waals surface area contributed by atoms with Crippen LogP contribution in [0.3, 0.4) is 0 Å². The molecule has 0 unspecified atom stereocenters. The van der Waals surface area contributed by atoms with Gasteiger partial charge in [0, 0.05) is 12.4 Å². The second kappa shape index (κ2) is 5.30. The first kappa shape index (κ1) is 12.7. The van der Waals surface area contributed by atoms with Crippen molar-refractivity contribution in [3.05, 3.63) is 36.5 Å². The number of carbonyl (C=O) groups is 2. The van der Waals surface area contributed by atoms with Crippen LogP contribution in [0.1, 0.15) is 12.2 Å². The number of amides is 1. The zero-order valence-electron chi connectivity index (χ0n) is 10.2. The molecule has 2 N–H and O–H groups in total. The summed E-state index contributed by atoms with van der Waals surface area (Å²) in [7, 11) is 0. The number of hydrogen-bond acceptors (Lipinski definition) is 4. The van der Waals surface area contributed by atoms with Crippen molar-refractivity contribution in [2.45, 2.75) is 13.3 Å². The van der Waals surface area contributed by atoms with Crippen molar-refractivity contribution in [2.75, 3.05) is 5.32 Å². The summed E-state index contributed by atoms with van der Waals surface area (Å²) in [5.74, 6) is -0.279. The number of carboxylic acid groups (broad SMARTS) is 1. The van der Waals surface area contributed by atoms with E-state index in [9.17, 15) is 9.59 Å². The van der Waals surface area contributed by atoms with E-state index in [0.717, 1.165) is 5.82 Å². The number of imidazole rings is 1. The minimum atomic E-state index is -1.17. The number of aromatic nitrogens is 3. The first-order valence-electron chi connectivity index (χ1n) is 5.54. The number of aliphatic carboxylic acids is 1. The van der Waals surface area contributed by atoms with Crippen LogP contribution in [0, 0.1) is 6.92 Å². The van der Waals surface area contributed by atoms with Crippen LogP contribution in [0.15, 0.2) is 30.7 Å². The van der Waals surface area contributed by atoms with E-state index in [4.69, 9.17) is 5.11 Å². The van der Waals surface area contributed by atoms with Gasteiger partial charge in [-0.05, 0) is 19.1 Å². The van der Waals surface area contributed by atoms with Crippen molar-refractivity contribution in [1.29, 1.82) is 0 Å². The van der Waals surface area contributed by atoms with Crippen molar-refractivity contribution < 1.29 is 14.7 Å². The number of aryl methyl sites for hydroxylation is 1. The topological polar surface area (TPSA) is 97.1 Å². The van der Waals surface area contributed by atoms with E-state index in [1.165, 1.54) is 6.20 Å². The molecular formula is C12H12N4O3. The molecule has 0 radical (unpaired) electrons. The molecule has 2 aromatic heterocycles. The van der Waals surface area contributed by atoms with Gasteiger partial charge in [-0.25, -0.2) is 9.97 Å². The lowest BCUT2D eigenvalue weighted by atomic mass is 10.3. The smallest absolute Gasteiger partial charge is 0.312 e. The van der Waals surface area contributed by atoms with E-state index in [1.807, 2.05) is 6.92 Å². The summed E-state index contributed by atoms with van der Waals surface area (Å²) >= 11 is 0. The predicted octanol–water partition coefficient (Wildman–Crippen LogP) is 0.989. The quantitative estimate of drug-likeness (QED) is 0.799. The normalized spacial score (nSPS) is 10.2. The number of anilines is 1. The van der Waals surface area contributed by atoms with E-state index >= 15 is 0 Å². The van der Waals surface area contributed by atoms with Gasteiger partial charge in [0.1, 0.15) is 18.1 Å². The summed E-state index contributed by atoms with van der Waals surface area (Å²) in [5.41, 5.74) is 0.452. The Labute approximate surface area is 108 Å². The zero-order chi connectivity index (χ0) is 13.8. The van der Waals surface area contributed by atoms with Gasteiger partial charge < -0.3 is 10.4 Å². The van der Waals surface area contributed by atoms with Crippen molar-refractivity contribution in [1.82, 2.24) is 14.5 Å². The highest BCUT2D eigenvalue weighted by molar-refractivity contribution is 6.01. The fourth-order valence-corrected chi connectivity index (χ4v) is 1.57. The molecule has 7 heteroatoms. The Morgan fingerprint density at radius 3 is 2.68 bits per heavy atom. The highest BCUT2D eigenvalue weighted by Crippen LogP contribution is 2.11. The van der Waals surface area contributed by atoms with Crippen molar-refractivity contribution in [3.63, 3.8) is 0 Å². The van der Waals surface area contributed by atoms with Gasteiger partial charge in [0.2, 0.25) is 5.91 Å². The van der Waals surface area contributed by atoms with Gasteiger partial charge >= 0.3 is 5.97 Å². The Balaban J connectivity index is 2.09. The van der Waals surface area contributed by atoms with Gasteiger partial charge in [-0.1, -0.05) is 0 Å². The van der Waals surface area contributed by atoms with E-state index in [1.54, 1.807) is 29.1 Å². The Morgan fingerprint density at radius 1 is 1.37 bits per heavy atom. The number of nitrogens with one attached hydrogen (secondary N) is 1. The van der Waals surface area contributed by atoms with Gasteiger partial charge in [0.25, 0.3) is 0 Å². The zero-order valence-corrected chi connectivity index (χ0v) is 10.2. The Morgan fingerprint density at radius 2 is 2.16 bits per heavy atom. The predicted molar refractivity (Wildman–Crippen MR) is 67.0 cm³/mol. The maximum atomic E-state index is 11.3. The van der Waals surface area contributed by atoms with Gasteiger partial charge in [-0.2, -0.15) is 0 Å². The molecule has 0 spiro atoms. The average Bonchev–Trinajstić information content (AvgIpc) is 2.75. The molecule has 7 nitrogen and oxygen atoms in total. The monoisotopic (exact) mass is 260 g/mol. The van der Waals surface area contributed by atoms with Crippen LogP contribution in [0.25, 0.3) is 5.82 Å². The van der Waals surface area contributed by atoms with Crippen molar-refractivity contribution in [2.24, 2.45) is 0 Å². The Kier molecular flexibility index (Phi) is 3.56. The molecule has 19 heavy (non-hydrogen) atoms. The third-order valence-electron chi connectivity index (χ3n) is 2.42. The molecule has 0 bridgehead atoms. The van der Waals surface area contributed by atoms with Gasteiger partial charge in [-0.3, -0.25) is 14.2 Å². The summed E-state index contributed by atoms with van der Waals surface area (Å²) in [6.45, 7) is 1.85. The lowest BCUT2D eigenvalue weighted by molar-refractivity contribution is -0.139. The minimum absolute atomic E-state index is 0.452. The molecule has 0 aliphatic rings. The van der Waals surface area contributed by atoms with Crippen LogP contribution in [-0.2, 0) is 9.59 Å². The minimum Gasteiger partial charge on any atom is -0.481 e. The van der Waals surface area contributed by atoms with Crippen LogP contribution >= 0.6 is 0 Å². The fourth-order valence-electron chi connectivity index (χ4n) is 1.57. The first-order chi connectivity index (χ1) is 9.06. The average molecular weight is 260 g/mol. The number of carboxylic acids is 1. The molecular weight excluding hydrogens is 248 g/mol. The summed E-state index contributed by atoms with van der Waals surface area (Å²) in [4.78, 5) is 29.9. The summed E-state index contributed by atoms with van der Waals surface area (Å²) in [6, 6.07) is 3.37. The SMILES string of the molecule is Cc1nccn1-c1ccc(NC(=O)CC(=O)O)cn1. The van der Waals surface area contributed by atoms with E-state index in [-0.39, 0.29) is 0 Å². The summed E-state index contributed by atoms with van der Waals surface area (Å²) < 4.78 is 1.79. The Hall–Kier alpha value is -2.70. The van der Waals surface area contributed by atoms with Crippen LogP contribution in [0.5, 0.6) is 0 Å². The third kappa shape index (κ3) is 3.15. The number of rotatable bonds is 4. The second-order valence-corrected chi connectivity index (χ2v) is 3.87. The Bertz CT molecular complexity index is 604. The molecule has 0 saturated heterocycles. The molecule has 0 fully saturated rings. The second-order valence-electron chi connectivity index (χ2n) is 3.87. The first-order valence-corrected chi connectivity index (χ1v) is 5.54. The van der Waals surface area contributed by atoms with Gasteiger partial charge in [0.15, 0.2) is 0 Å². The molecule has 2 heterocycles. The highest BCUT2D eigenvalue weighted by atomic mass is 16.4. The summed E-state index contributed by atoms with van der Waals surface area (Å²) in [5, 5.41) is 10.9. The molecule has 2 rings (SSSR count). The number of nitrogens with zero attached hydrogens (tertiary/aromatic N) is 3.